The fourth-order valence-electron chi connectivity index (χ4n) is 5.98. The molecule has 0 saturated heterocycles. The molecule has 2 aromatic rings. The first-order valence-electron chi connectivity index (χ1n) is 16.1. The Morgan fingerprint density at radius 3 is 1.41 bits per heavy atom. The third kappa shape index (κ3) is 10.9. The van der Waals surface area contributed by atoms with Gasteiger partial charge in [0.15, 0.2) is 0 Å². The van der Waals surface area contributed by atoms with Gasteiger partial charge in [0.2, 0.25) is 0 Å². The molecular weight excluding hydrogens is 463 g/mol. The van der Waals surface area contributed by atoms with Gasteiger partial charge in [-0.15, -0.1) is 9.24 Å². The van der Waals surface area contributed by atoms with Crippen molar-refractivity contribution in [2.24, 2.45) is 0 Å². The van der Waals surface area contributed by atoms with Crippen molar-refractivity contribution in [3.8, 4) is 0 Å². The molecule has 0 saturated carbocycles. The van der Waals surface area contributed by atoms with E-state index in [2.05, 4.69) is 73.3 Å². The van der Waals surface area contributed by atoms with E-state index in [1.807, 2.05) is 0 Å². The Morgan fingerprint density at radius 2 is 0.946 bits per heavy atom. The fraction of sp³-hybridized carbons (Fsp3) is 0.667. The predicted octanol–water partition coefficient (Wildman–Crippen LogP) is 11.4. The SMILES string of the molecule is CCCCc1cccc(C(CCCCCCCP)c2cccc(CCCC)c2CCCC)c1CCCC. The van der Waals surface area contributed by atoms with Gasteiger partial charge in [-0.25, -0.2) is 0 Å². The van der Waals surface area contributed by atoms with Gasteiger partial charge in [-0.1, -0.05) is 115 Å². The maximum absolute atomic E-state index is 2.89. The number of aryl methyl sites for hydroxylation is 2. The molecule has 0 aliphatic rings. The summed E-state index contributed by atoms with van der Waals surface area (Å²) in [6, 6.07) is 14.7. The summed E-state index contributed by atoms with van der Waals surface area (Å²) in [5.41, 5.74) is 10.00. The quantitative estimate of drug-likeness (QED) is 0.113. The second kappa shape index (κ2) is 19.9. The normalized spacial score (nSPS) is 11.5. The zero-order chi connectivity index (χ0) is 26.7. The average molecular weight is 523 g/mol. The van der Waals surface area contributed by atoms with Gasteiger partial charge in [0.05, 0.1) is 0 Å². The van der Waals surface area contributed by atoms with E-state index in [1.165, 1.54) is 122 Å². The van der Waals surface area contributed by atoms with E-state index in [0.717, 1.165) is 0 Å². The second-order valence-corrected chi connectivity index (χ2v) is 11.9. The highest BCUT2D eigenvalue weighted by Gasteiger charge is 2.23. The van der Waals surface area contributed by atoms with Crippen LogP contribution in [-0.2, 0) is 25.7 Å². The largest absolute Gasteiger partial charge is 0.138 e. The van der Waals surface area contributed by atoms with E-state index in [4.69, 9.17) is 0 Å². The predicted molar refractivity (Wildman–Crippen MR) is 171 cm³/mol. The summed E-state index contributed by atoms with van der Waals surface area (Å²) in [6.45, 7) is 9.36. The lowest BCUT2D eigenvalue weighted by molar-refractivity contribution is 0.574. The molecule has 1 unspecified atom stereocenters. The number of rotatable bonds is 21. The summed E-state index contributed by atoms with van der Waals surface area (Å²) in [5, 5.41) is 0. The molecule has 0 nitrogen and oxygen atoms in total. The van der Waals surface area contributed by atoms with Crippen LogP contribution in [0, 0.1) is 0 Å². The minimum absolute atomic E-state index is 0.545. The topological polar surface area (TPSA) is 0 Å². The van der Waals surface area contributed by atoms with Gasteiger partial charge in [-0.2, -0.15) is 0 Å². The van der Waals surface area contributed by atoms with Gasteiger partial charge in [0.25, 0.3) is 0 Å². The first-order valence-corrected chi connectivity index (χ1v) is 16.9. The van der Waals surface area contributed by atoms with Crippen LogP contribution in [0.4, 0.5) is 0 Å². The summed E-state index contributed by atoms with van der Waals surface area (Å²) in [4.78, 5) is 0. The average Bonchev–Trinajstić information content (AvgIpc) is 2.92. The maximum Gasteiger partial charge on any atom is 0.00950 e. The van der Waals surface area contributed by atoms with Crippen molar-refractivity contribution in [2.75, 3.05) is 6.16 Å². The molecule has 0 aliphatic carbocycles. The highest BCUT2D eigenvalue weighted by molar-refractivity contribution is 7.16. The Kier molecular flexibility index (Phi) is 17.2. The van der Waals surface area contributed by atoms with Gasteiger partial charge in [0.1, 0.15) is 0 Å². The molecule has 37 heavy (non-hydrogen) atoms. The Morgan fingerprint density at radius 1 is 0.514 bits per heavy atom. The third-order valence-corrected chi connectivity index (χ3v) is 8.63. The van der Waals surface area contributed by atoms with Crippen LogP contribution in [0.1, 0.15) is 157 Å². The molecule has 1 heteroatoms. The van der Waals surface area contributed by atoms with Crippen molar-refractivity contribution < 1.29 is 0 Å². The van der Waals surface area contributed by atoms with Gasteiger partial charge in [-0.05, 0) is 104 Å². The minimum atomic E-state index is 0.545. The van der Waals surface area contributed by atoms with E-state index < -0.39 is 0 Å². The van der Waals surface area contributed by atoms with Gasteiger partial charge in [-0.3, -0.25) is 0 Å². The monoisotopic (exact) mass is 522 g/mol. The summed E-state index contributed by atoms with van der Waals surface area (Å²) < 4.78 is 0. The summed E-state index contributed by atoms with van der Waals surface area (Å²) in [6.07, 6.45) is 24.7. The van der Waals surface area contributed by atoms with Crippen LogP contribution >= 0.6 is 9.24 Å². The van der Waals surface area contributed by atoms with Crippen molar-refractivity contribution in [3.05, 3.63) is 69.8 Å². The van der Waals surface area contributed by atoms with Crippen LogP contribution in [0.15, 0.2) is 36.4 Å². The Labute approximate surface area is 234 Å². The van der Waals surface area contributed by atoms with Gasteiger partial charge >= 0.3 is 0 Å². The zero-order valence-electron chi connectivity index (χ0n) is 25.1. The second-order valence-electron chi connectivity index (χ2n) is 11.3. The van der Waals surface area contributed by atoms with Crippen molar-refractivity contribution in [1.29, 1.82) is 0 Å². The van der Waals surface area contributed by atoms with Gasteiger partial charge < -0.3 is 0 Å². The Hall–Kier alpha value is -1.13. The Bertz CT molecular complexity index is 788. The highest BCUT2D eigenvalue weighted by atomic mass is 31.0. The number of benzene rings is 2. The first-order chi connectivity index (χ1) is 18.2. The minimum Gasteiger partial charge on any atom is -0.138 e. The van der Waals surface area contributed by atoms with E-state index in [1.54, 1.807) is 33.4 Å². The van der Waals surface area contributed by atoms with Crippen LogP contribution in [0.5, 0.6) is 0 Å². The third-order valence-electron chi connectivity index (χ3n) is 8.23. The smallest absolute Gasteiger partial charge is 0.00950 e. The summed E-state index contributed by atoms with van der Waals surface area (Å²) in [5.74, 6) is 0.545. The molecule has 0 radical (unpaired) electrons. The Balaban J connectivity index is 2.54. The molecule has 0 bridgehead atoms. The van der Waals surface area contributed by atoms with Crippen LogP contribution in [0.25, 0.3) is 0 Å². The van der Waals surface area contributed by atoms with Crippen molar-refractivity contribution >= 4 is 9.24 Å². The molecule has 0 amide bonds. The number of hydrogen-bond acceptors (Lipinski definition) is 0. The van der Waals surface area contributed by atoms with Crippen LogP contribution < -0.4 is 0 Å². The molecule has 0 spiro atoms. The summed E-state index contributed by atoms with van der Waals surface area (Å²) in [7, 11) is 2.89. The lowest BCUT2D eigenvalue weighted by Gasteiger charge is -2.27. The fourth-order valence-corrected chi connectivity index (χ4v) is 6.27. The van der Waals surface area contributed by atoms with Crippen LogP contribution in [0.3, 0.4) is 0 Å². The van der Waals surface area contributed by atoms with Crippen LogP contribution in [0.2, 0.25) is 0 Å². The van der Waals surface area contributed by atoms with E-state index in [9.17, 15) is 0 Å². The van der Waals surface area contributed by atoms with E-state index in [0.29, 0.717) is 5.92 Å². The van der Waals surface area contributed by atoms with E-state index in [-0.39, 0.29) is 0 Å². The van der Waals surface area contributed by atoms with E-state index >= 15 is 0 Å². The summed E-state index contributed by atoms with van der Waals surface area (Å²) >= 11 is 0. The molecule has 2 aromatic carbocycles. The van der Waals surface area contributed by atoms with Crippen molar-refractivity contribution in [2.45, 2.75) is 149 Å². The number of unbranched alkanes of at least 4 members (excludes halogenated alkanes) is 8. The molecule has 1 atom stereocenters. The zero-order valence-corrected chi connectivity index (χ0v) is 26.2. The van der Waals surface area contributed by atoms with Crippen molar-refractivity contribution in [1.82, 2.24) is 0 Å². The highest BCUT2D eigenvalue weighted by Crippen LogP contribution is 2.38. The van der Waals surface area contributed by atoms with Crippen LogP contribution in [-0.4, -0.2) is 6.16 Å². The molecule has 0 fully saturated rings. The molecule has 208 valence electrons. The molecule has 2 rings (SSSR count). The van der Waals surface area contributed by atoms with Gasteiger partial charge in [0, 0.05) is 5.92 Å². The molecule has 0 aromatic heterocycles. The number of hydrogen-bond donors (Lipinski definition) is 0. The molecule has 0 aliphatic heterocycles. The maximum atomic E-state index is 2.89. The lowest BCUT2D eigenvalue weighted by atomic mass is 9.77. The molecule has 0 heterocycles. The molecule has 0 N–H and O–H groups in total. The first kappa shape index (κ1) is 32.1. The molecular formula is C36H59P. The lowest BCUT2D eigenvalue weighted by Crippen LogP contribution is -2.12. The standard InChI is InChI=1S/C36H59P/c1-5-9-20-30-22-18-27-34(32(30)24-11-7-3)36(26-16-14-13-15-17-29-37)35-28-19-23-31(21-10-6-2)33(35)25-12-8-4/h18-19,22-23,27-28,36H,5-17,20-21,24-26,29,37H2,1-4H3. The van der Waals surface area contributed by atoms with Crippen molar-refractivity contribution in [3.63, 3.8) is 0 Å².